The molecule has 1 atom stereocenters. The molecule has 2 aromatic carbocycles. The quantitative estimate of drug-likeness (QED) is 0.813. The summed E-state index contributed by atoms with van der Waals surface area (Å²) in [6, 6.07) is 18.3. The first kappa shape index (κ1) is 14.9. The molecule has 0 aliphatic rings. The van der Waals surface area contributed by atoms with Crippen LogP contribution in [0, 0.1) is 0 Å². The standard InChI is InChI=1S/C17H20ClNO/c1-17(13-18,15-8-4-3-5-9-15)19-12-14-7-6-10-16(11-14)20-2/h3-11,19H,12-13H2,1-2H3. The molecule has 0 saturated carbocycles. The van der Waals surface area contributed by atoms with Crippen LogP contribution in [-0.4, -0.2) is 13.0 Å². The minimum atomic E-state index is -0.244. The van der Waals surface area contributed by atoms with Crippen LogP contribution in [0.1, 0.15) is 18.1 Å². The summed E-state index contributed by atoms with van der Waals surface area (Å²) in [6.45, 7) is 2.87. The maximum atomic E-state index is 6.18. The predicted octanol–water partition coefficient (Wildman–Crippen LogP) is 3.94. The molecule has 0 aromatic heterocycles. The highest BCUT2D eigenvalue weighted by Crippen LogP contribution is 2.23. The van der Waals surface area contributed by atoms with Crippen LogP contribution < -0.4 is 10.1 Å². The van der Waals surface area contributed by atoms with Crippen LogP contribution in [0.25, 0.3) is 0 Å². The fraction of sp³-hybridized carbons (Fsp3) is 0.294. The van der Waals surface area contributed by atoms with Crippen molar-refractivity contribution in [1.82, 2.24) is 5.32 Å². The number of ether oxygens (including phenoxy) is 1. The number of rotatable bonds is 6. The van der Waals surface area contributed by atoms with Crippen molar-refractivity contribution in [2.24, 2.45) is 0 Å². The van der Waals surface area contributed by atoms with Crippen molar-refractivity contribution in [3.63, 3.8) is 0 Å². The highest BCUT2D eigenvalue weighted by molar-refractivity contribution is 6.18. The van der Waals surface area contributed by atoms with E-state index in [2.05, 4.69) is 30.4 Å². The minimum Gasteiger partial charge on any atom is -0.497 e. The van der Waals surface area contributed by atoms with Gasteiger partial charge in [0.1, 0.15) is 5.75 Å². The Morgan fingerprint density at radius 1 is 1.10 bits per heavy atom. The highest BCUT2D eigenvalue weighted by Gasteiger charge is 2.24. The van der Waals surface area contributed by atoms with Crippen molar-refractivity contribution < 1.29 is 4.74 Å². The van der Waals surface area contributed by atoms with Gasteiger partial charge in [-0.3, -0.25) is 0 Å². The number of halogens is 1. The summed E-state index contributed by atoms with van der Waals surface area (Å²) in [5, 5.41) is 3.54. The maximum Gasteiger partial charge on any atom is 0.119 e. The van der Waals surface area contributed by atoms with E-state index in [4.69, 9.17) is 16.3 Å². The van der Waals surface area contributed by atoms with Crippen molar-refractivity contribution in [2.75, 3.05) is 13.0 Å². The Hall–Kier alpha value is -1.51. The van der Waals surface area contributed by atoms with Gasteiger partial charge in [0.25, 0.3) is 0 Å². The van der Waals surface area contributed by atoms with E-state index < -0.39 is 0 Å². The van der Waals surface area contributed by atoms with Crippen LogP contribution in [-0.2, 0) is 12.1 Å². The summed E-state index contributed by atoms with van der Waals surface area (Å²) >= 11 is 6.18. The Morgan fingerprint density at radius 2 is 1.85 bits per heavy atom. The zero-order valence-electron chi connectivity index (χ0n) is 11.9. The summed E-state index contributed by atoms with van der Waals surface area (Å²) in [5.74, 6) is 1.39. The number of hydrogen-bond acceptors (Lipinski definition) is 2. The molecule has 0 heterocycles. The molecule has 0 bridgehead atoms. The van der Waals surface area contributed by atoms with Crippen LogP contribution in [0.5, 0.6) is 5.75 Å². The number of benzene rings is 2. The first-order chi connectivity index (χ1) is 9.68. The predicted molar refractivity (Wildman–Crippen MR) is 84.3 cm³/mol. The van der Waals surface area contributed by atoms with Crippen LogP contribution in [0.4, 0.5) is 0 Å². The summed E-state index contributed by atoms with van der Waals surface area (Å²) in [5.41, 5.74) is 2.13. The Labute approximate surface area is 125 Å². The third-order valence-corrected chi connectivity index (χ3v) is 4.03. The molecule has 1 N–H and O–H groups in total. The van der Waals surface area contributed by atoms with Gasteiger partial charge in [-0.15, -0.1) is 11.6 Å². The van der Waals surface area contributed by atoms with Gasteiger partial charge in [0.05, 0.1) is 12.6 Å². The summed E-state index contributed by atoms with van der Waals surface area (Å²) in [4.78, 5) is 0. The zero-order valence-corrected chi connectivity index (χ0v) is 12.7. The van der Waals surface area contributed by atoms with Gasteiger partial charge in [-0.1, -0.05) is 42.5 Å². The lowest BCUT2D eigenvalue weighted by Gasteiger charge is -2.29. The van der Waals surface area contributed by atoms with Gasteiger partial charge in [0.15, 0.2) is 0 Å². The van der Waals surface area contributed by atoms with E-state index in [-0.39, 0.29) is 5.54 Å². The normalized spacial score (nSPS) is 13.8. The van der Waals surface area contributed by atoms with Gasteiger partial charge >= 0.3 is 0 Å². The zero-order chi connectivity index (χ0) is 14.4. The second-order valence-electron chi connectivity index (χ2n) is 5.04. The Morgan fingerprint density at radius 3 is 2.50 bits per heavy atom. The minimum absolute atomic E-state index is 0.244. The molecule has 0 aliphatic carbocycles. The van der Waals surface area contributed by atoms with Crippen LogP contribution in [0.2, 0.25) is 0 Å². The molecule has 106 valence electrons. The molecule has 20 heavy (non-hydrogen) atoms. The van der Waals surface area contributed by atoms with E-state index in [9.17, 15) is 0 Å². The fourth-order valence-corrected chi connectivity index (χ4v) is 2.36. The van der Waals surface area contributed by atoms with Crippen molar-refractivity contribution in [3.05, 3.63) is 65.7 Å². The lowest BCUT2D eigenvalue weighted by atomic mass is 9.94. The second-order valence-corrected chi connectivity index (χ2v) is 5.30. The fourth-order valence-electron chi connectivity index (χ4n) is 2.11. The first-order valence-electron chi connectivity index (χ1n) is 6.67. The van der Waals surface area contributed by atoms with Crippen molar-refractivity contribution in [3.8, 4) is 5.75 Å². The van der Waals surface area contributed by atoms with E-state index in [0.29, 0.717) is 5.88 Å². The smallest absolute Gasteiger partial charge is 0.119 e. The van der Waals surface area contributed by atoms with Crippen molar-refractivity contribution in [2.45, 2.75) is 19.0 Å². The molecule has 2 nitrogen and oxygen atoms in total. The lowest BCUT2D eigenvalue weighted by molar-refractivity contribution is 0.401. The largest absolute Gasteiger partial charge is 0.497 e. The number of nitrogens with one attached hydrogen (secondary N) is 1. The molecule has 0 fully saturated rings. The number of methoxy groups -OCH3 is 1. The first-order valence-corrected chi connectivity index (χ1v) is 7.21. The molecule has 2 rings (SSSR count). The number of alkyl halides is 1. The Kier molecular flexibility index (Phi) is 5.05. The van der Waals surface area contributed by atoms with E-state index in [1.807, 2.05) is 36.4 Å². The van der Waals surface area contributed by atoms with Crippen LogP contribution >= 0.6 is 11.6 Å². The van der Waals surface area contributed by atoms with Gasteiger partial charge in [-0.2, -0.15) is 0 Å². The second kappa shape index (κ2) is 6.78. The van der Waals surface area contributed by atoms with Crippen molar-refractivity contribution >= 4 is 11.6 Å². The molecule has 0 saturated heterocycles. The molecule has 3 heteroatoms. The summed E-state index contributed by atoms with van der Waals surface area (Å²) in [7, 11) is 1.68. The molecular formula is C17H20ClNO. The van der Waals surface area contributed by atoms with Gasteiger partial charge < -0.3 is 10.1 Å². The van der Waals surface area contributed by atoms with Crippen molar-refractivity contribution in [1.29, 1.82) is 0 Å². The van der Waals surface area contributed by atoms with Gasteiger partial charge in [-0.25, -0.2) is 0 Å². The Bertz CT molecular complexity index is 544. The maximum absolute atomic E-state index is 6.18. The Balaban J connectivity index is 2.10. The van der Waals surface area contributed by atoms with Gasteiger partial charge in [0, 0.05) is 12.4 Å². The topological polar surface area (TPSA) is 21.3 Å². The summed E-state index contributed by atoms with van der Waals surface area (Å²) < 4.78 is 5.24. The number of hydrogen-bond donors (Lipinski definition) is 1. The van der Waals surface area contributed by atoms with Crippen LogP contribution in [0.15, 0.2) is 54.6 Å². The third kappa shape index (κ3) is 3.53. The molecule has 0 radical (unpaired) electrons. The molecule has 0 spiro atoms. The van der Waals surface area contributed by atoms with E-state index in [1.54, 1.807) is 7.11 Å². The van der Waals surface area contributed by atoms with E-state index >= 15 is 0 Å². The summed E-state index contributed by atoms with van der Waals surface area (Å²) in [6.07, 6.45) is 0. The average Bonchev–Trinajstić information content (AvgIpc) is 2.53. The van der Waals surface area contributed by atoms with E-state index in [0.717, 1.165) is 12.3 Å². The monoisotopic (exact) mass is 289 g/mol. The third-order valence-electron chi connectivity index (χ3n) is 3.50. The molecule has 2 aromatic rings. The average molecular weight is 290 g/mol. The molecule has 0 amide bonds. The van der Waals surface area contributed by atoms with Gasteiger partial charge in [-0.05, 0) is 30.2 Å². The van der Waals surface area contributed by atoms with Gasteiger partial charge in [0.2, 0.25) is 0 Å². The lowest BCUT2D eigenvalue weighted by Crippen LogP contribution is -2.40. The molecular weight excluding hydrogens is 270 g/mol. The molecule has 1 unspecified atom stereocenters. The highest BCUT2D eigenvalue weighted by atomic mass is 35.5. The SMILES string of the molecule is COc1cccc(CNC(C)(CCl)c2ccccc2)c1. The van der Waals surface area contributed by atoms with E-state index in [1.165, 1.54) is 11.1 Å². The molecule has 0 aliphatic heterocycles. The van der Waals surface area contributed by atoms with Crippen LogP contribution in [0.3, 0.4) is 0 Å².